The summed E-state index contributed by atoms with van der Waals surface area (Å²) in [5, 5.41) is 0. The highest BCUT2D eigenvalue weighted by atomic mass is 16.5. The number of benzene rings is 1. The zero-order chi connectivity index (χ0) is 15.1. The van der Waals surface area contributed by atoms with E-state index in [2.05, 4.69) is 23.7 Å². The van der Waals surface area contributed by atoms with E-state index in [9.17, 15) is 0 Å². The predicted octanol–water partition coefficient (Wildman–Crippen LogP) is 4.30. The lowest BCUT2D eigenvalue weighted by molar-refractivity contribution is 0.359. The fraction of sp³-hybridized carbons (Fsp3) is 0.444. The molecule has 0 aliphatic rings. The van der Waals surface area contributed by atoms with Crippen molar-refractivity contribution < 1.29 is 9.47 Å². The maximum Gasteiger partial charge on any atom is 0.149 e. The first-order valence-electron chi connectivity index (χ1n) is 7.14. The van der Waals surface area contributed by atoms with Crippen molar-refractivity contribution in [2.24, 2.45) is 0 Å². The van der Waals surface area contributed by atoms with Crippen molar-refractivity contribution >= 4 is 0 Å². The molecule has 0 saturated heterocycles. The SMILES string of the molecule is CC.CCC#CCOc1ccc(OCC#CCC)cc1. The van der Waals surface area contributed by atoms with E-state index in [1.54, 1.807) is 0 Å². The normalized spacial score (nSPS) is 8.00. The Bertz CT molecular complexity index is 407. The molecule has 0 atom stereocenters. The van der Waals surface area contributed by atoms with Gasteiger partial charge in [-0.05, 0) is 24.3 Å². The van der Waals surface area contributed by atoms with E-state index in [1.165, 1.54) is 0 Å². The molecule has 0 heterocycles. The minimum absolute atomic E-state index is 0.427. The second-order valence-corrected chi connectivity index (χ2v) is 3.46. The summed E-state index contributed by atoms with van der Waals surface area (Å²) < 4.78 is 10.9. The molecule has 0 radical (unpaired) electrons. The van der Waals surface area contributed by atoms with Crippen LogP contribution in [0.1, 0.15) is 40.5 Å². The average molecular weight is 272 g/mol. The van der Waals surface area contributed by atoms with E-state index in [0.29, 0.717) is 13.2 Å². The van der Waals surface area contributed by atoms with Crippen LogP contribution < -0.4 is 9.47 Å². The van der Waals surface area contributed by atoms with Crippen LogP contribution in [0.4, 0.5) is 0 Å². The summed E-state index contributed by atoms with van der Waals surface area (Å²) in [6, 6.07) is 7.48. The Morgan fingerprint density at radius 2 is 1.05 bits per heavy atom. The number of rotatable bonds is 4. The molecule has 108 valence electrons. The monoisotopic (exact) mass is 272 g/mol. The van der Waals surface area contributed by atoms with E-state index < -0.39 is 0 Å². The lowest BCUT2D eigenvalue weighted by Gasteiger charge is -2.04. The van der Waals surface area contributed by atoms with Gasteiger partial charge in [-0.3, -0.25) is 0 Å². The summed E-state index contributed by atoms with van der Waals surface area (Å²) >= 11 is 0. The van der Waals surface area contributed by atoms with Crippen LogP contribution in [0.2, 0.25) is 0 Å². The second kappa shape index (κ2) is 13.4. The number of hydrogen-bond donors (Lipinski definition) is 0. The van der Waals surface area contributed by atoms with Crippen molar-refractivity contribution in [3.8, 4) is 35.2 Å². The first kappa shape index (κ1) is 17.9. The van der Waals surface area contributed by atoms with E-state index >= 15 is 0 Å². The van der Waals surface area contributed by atoms with Crippen LogP contribution in [-0.2, 0) is 0 Å². The molecule has 20 heavy (non-hydrogen) atoms. The van der Waals surface area contributed by atoms with Crippen molar-refractivity contribution in [2.75, 3.05) is 13.2 Å². The lowest BCUT2D eigenvalue weighted by Crippen LogP contribution is -1.95. The molecule has 0 aliphatic carbocycles. The van der Waals surface area contributed by atoms with Gasteiger partial charge in [-0.15, -0.1) is 11.8 Å². The molecule has 1 rings (SSSR count). The van der Waals surface area contributed by atoms with Gasteiger partial charge in [-0.25, -0.2) is 0 Å². The van der Waals surface area contributed by atoms with Crippen LogP contribution in [0, 0.1) is 23.7 Å². The third-order valence-electron chi connectivity index (χ3n) is 2.05. The molecule has 0 fully saturated rings. The fourth-order valence-electron chi connectivity index (χ4n) is 1.22. The Morgan fingerprint density at radius 3 is 1.35 bits per heavy atom. The van der Waals surface area contributed by atoms with Crippen molar-refractivity contribution in [3.05, 3.63) is 24.3 Å². The lowest BCUT2D eigenvalue weighted by atomic mass is 10.3. The summed E-state index contributed by atoms with van der Waals surface area (Å²) in [5.74, 6) is 13.4. The van der Waals surface area contributed by atoms with Crippen molar-refractivity contribution in [3.63, 3.8) is 0 Å². The maximum absolute atomic E-state index is 5.45. The topological polar surface area (TPSA) is 18.5 Å². The van der Waals surface area contributed by atoms with Crippen LogP contribution >= 0.6 is 0 Å². The number of ether oxygens (including phenoxy) is 2. The predicted molar refractivity (Wildman–Crippen MR) is 84.9 cm³/mol. The third-order valence-corrected chi connectivity index (χ3v) is 2.05. The van der Waals surface area contributed by atoms with Gasteiger partial charge in [0, 0.05) is 12.8 Å². The van der Waals surface area contributed by atoms with Gasteiger partial charge in [0.15, 0.2) is 0 Å². The van der Waals surface area contributed by atoms with Crippen LogP contribution in [0.15, 0.2) is 24.3 Å². The molecule has 0 bridgehead atoms. The minimum Gasteiger partial charge on any atom is -0.481 e. The molecule has 1 aromatic carbocycles. The van der Waals surface area contributed by atoms with Gasteiger partial charge in [0.1, 0.15) is 24.7 Å². The number of hydrogen-bond acceptors (Lipinski definition) is 2. The van der Waals surface area contributed by atoms with E-state index in [0.717, 1.165) is 24.3 Å². The van der Waals surface area contributed by atoms with Gasteiger partial charge in [-0.2, -0.15) is 0 Å². The summed E-state index contributed by atoms with van der Waals surface area (Å²) in [6.45, 7) is 8.88. The summed E-state index contributed by atoms with van der Waals surface area (Å²) in [4.78, 5) is 0. The Balaban J connectivity index is 0.00000172. The molecule has 0 spiro atoms. The highest BCUT2D eigenvalue weighted by Gasteiger charge is 1.94. The Labute approximate surface area is 123 Å². The Morgan fingerprint density at radius 1 is 0.700 bits per heavy atom. The van der Waals surface area contributed by atoms with Gasteiger partial charge in [0.2, 0.25) is 0 Å². The zero-order valence-electron chi connectivity index (χ0n) is 13.0. The average Bonchev–Trinajstić information content (AvgIpc) is 2.51. The van der Waals surface area contributed by atoms with Gasteiger partial charge < -0.3 is 9.47 Å². The largest absolute Gasteiger partial charge is 0.481 e. The first-order valence-corrected chi connectivity index (χ1v) is 7.14. The van der Waals surface area contributed by atoms with Gasteiger partial charge >= 0.3 is 0 Å². The highest BCUT2D eigenvalue weighted by Crippen LogP contribution is 2.17. The Kier molecular flexibility index (Phi) is 12.0. The van der Waals surface area contributed by atoms with Gasteiger partial charge in [0.05, 0.1) is 0 Å². The molecule has 2 heteroatoms. The molecule has 0 aromatic heterocycles. The van der Waals surface area contributed by atoms with Crippen molar-refractivity contribution in [1.82, 2.24) is 0 Å². The first-order chi connectivity index (χ1) is 9.86. The molecule has 0 amide bonds. The van der Waals surface area contributed by atoms with Crippen LogP contribution in [0.5, 0.6) is 11.5 Å². The summed E-state index contributed by atoms with van der Waals surface area (Å²) in [6.07, 6.45) is 1.71. The van der Waals surface area contributed by atoms with E-state index in [1.807, 2.05) is 52.0 Å². The van der Waals surface area contributed by atoms with E-state index in [-0.39, 0.29) is 0 Å². The van der Waals surface area contributed by atoms with Gasteiger partial charge in [-0.1, -0.05) is 39.5 Å². The van der Waals surface area contributed by atoms with Crippen LogP contribution in [-0.4, -0.2) is 13.2 Å². The van der Waals surface area contributed by atoms with Gasteiger partial charge in [0.25, 0.3) is 0 Å². The molecule has 0 unspecified atom stereocenters. The molecule has 1 aromatic rings. The molecule has 2 nitrogen and oxygen atoms in total. The second-order valence-electron chi connectivity index (χ2n) is 3.46. The van der Waals surface area contributed by atoms with Crippen LogP contribution in [0.3, 0.4) is 0 Å². The van der Waals surface area contributed by atoms with Crippen molar-refractivity contribution in [2.45, 2.75) is 40.5 Å². The summed E-state index contributed by atoms with van der Waals surface area (Å²) in [7, 11) is 0. The smallest absolute Gasteiger partial charge is 0.149 e. The highest BCUT2D eigenvalue weighted by molar-refractivity contribution is 5.31. The molecular weight excluding hydrogens is 248 g/mol. The summed E-state index contributed by atoms with van der Waals surface area (Å²) in [5.41, 5.74) is 0. The molecule has 0 saturated carbocycles. The fourth-order valence-corrected chi connectivity index (χ4v) is 1.22. The Hall–Kier alpha value is -2.06. The zero-order valence-corrected chi connectivity index (χ0v) is 13.0. The van der Waals surface area contributed by atoms with Crippen LogP contribution in [0.25, 0.3) is 0 Å². The van der Waals surface area contributed by atoms with Crippen molar-refractivity contribution in [1.29, 1.82) is 0 Å². The standard InChI is InChI=1S/C16H18O2.C2H6/c1-3-5-7-13-17-15-9-11-16(12-10-15)18-14-8-6-4-2;1-2/h9-12H,3-4,13-14H2,1-2H3;1-2H3. The molecule has 0 aliphatic heterocycles. The minimum atomic E-state index is 0.427. The van der Waals surface area contributed by atoms with E-state index in [4.69, 9.17) is 9.47 Å². The third kappa shape index (κ3) is 8.95. The molecular formula is C18H24O2. The quantitative estimate of drug-likeness (QED) is 0.761. The molecule has 0 N–H and O–H groups in total. The maximum atomic E-state index is 5.45.